The fourth-order valence-electron chi connectivity index (χ4n) is 2.16. The summed E-state index contributed by atoms with van der Waals surface area (Å²) in [5, 5.41) is 8.39. The van der Waals surface area contributed by atoms with Crippen LogP contribution in [0.15, 0.2) is 35.8 Å². The number of benzene rings is 1. The minimum absolute atomic E-state index is 0.115. The molecule has 0 bridgehead atoms. The van der Waals surface area contributed by atoms with Gasteiger partial charge in [-0.15, -0.1) is 11.3 Å². The standard InChI is InChI=1S/C16H21FN4OS/c1-12(15-18-9-11-23-15)20-16(22)19-8-5-10-21(2)14-7-4-3-6-13(14)17/h3-4,6-7,9,11-12H,5,8,10H2,1-2H3,(H2,19,20,22)/t12-/m0/s1. The Morgan fingerprint density at radius 3 is 2.91 bits per heavy atom. The Morgan fingerprint density at radius 2 is 2.22 bits per heavy atom. The number of amides is 2. The molecule has 0 saturated heterocycles. The molecule has 1 aromatic heterocycles. The molecule has 1 atom stereocenters. The Labute approximate surface area is 139 Å². The summed E-state index contributed by atoms with van der Waals surface area (Å²) in [5.41, 5.74) is 0.564. The number of rotatable bonds is 7. The van der Waals surface area contributed by atoms with E-state index in [0.717, 1.165) is 11.4 Å². The maximum atomic E-state index is 13.6. The highest BCUT2D eigenvalue weighted by molar-refractivity contribution is 7.09. The van der Waals surface area contributed by atoms with E-state index in [1.807, 2.05) is 24.3 Å². The molecule has 2 rings (SSSR count). The van der Waals surface area contributed by atoms with Gasteiger partial charge >= 0.3 is 6.03 Å². The second kappa shape index (κ2) is 8.47. The quantitative estimate of drug-likeness (QED) is 0.764. The van der Waals surface area contributed by atoms with Crippen LogP contribution in [0.2, 0.25) is 0 Å². The Hall–Kier alpha value is -2.15. The first-order valence-electron chi connectivity index (χ1n) is 7.47. The first-order valence-corrected chi connectivity index (χ1v) is 8.35. The van der Waals surface area contributed by atoms with Gasteiger partial charge in [0.25, 0.3) is 0 Å². The summed E-state index contributed by atoms with van der Waals surface area (Å²) in [6, 6.07) is 6.32. The summed E-state index contributed by atoms with van der Waals surface area (Å²) in [6.45, 7) is 3.07. The monoisotopic (exact) mass is 336 g/mol. The van der Waals surface area contributed by atoms with E-state index in [4.69, 9.17) is 0 Å². The molecule has 0 spiro atoms. The summed E-state index contributed by atoms with van der Waals surface area (Å²) in [6.07, 6.45) is 2.44. The molecular formula is C16H21FN4OS. The fourth-order valence-corrected chi connectivity index (χ4v) is 2.80. The fraction of sp³-hybridized carbons (Fsp3) is 0.375. The van der Waals surface area contributed by atoms with E-state index < -0.39 is 0 Å². The number of para-hydroxylation sites is 1. The molecule has 7 heteroatoms. The smallest absolute Gasteiger partial charge is 0.315 e. The first-order chi connectivity index (χ1) is 11.1. The lowest BCUT2D eigenvalue weighted by Crippen LogP contribution is -2.38. The lowest BCUT2D eigenvalue weighted by atomic mass is 10.2. The van der Waals surface area contributed by atoms with E-state index in [9.17, 15) is 9.18 Å². The maximum Gasteiger partial charge on any atom is 0.315 e. The predicted octanol–water partition coefficient (Wildman–Crippen LogP) is 3.17. The van der Waals surface area contributed by atoms with Gasteiger partial charge in [-0.25, -0.2) is 14.2 Å². The largest absolute Gasteiger partial charge is 0.372 e. The van der Waals surface area contributed by atoms with Crippen LogP contribution in [0.3, 0.4) is 0 Å². The summed E-state index contributed by atoms with van der Waals surface area (Å²) in [7, 11) is 1.84. The molecule has 0 radical (unpaired) electrons. The van der Waals surface area contributed by atoms with E-state index in [2.05, 4.69) is 15.6 Å². The zero-order valence-electron chi connectivity index (χ0n) is 13.3. The average molecular weight is 336 g/mol. The van der Waals surface area contributed by atoms with Crippen LogP contribution >= 0.6 is 11.3 Å². The first kappa shape index (κ1) is 17.2. The number of carbonyl (C=O) groups excluding carboxylic acids is 1. The lowest BCUT2D eigenvalue weighted by Gasteiger charge is -2.20. The molecule has 1 aromatic carbocycles. The Morgan fingerprint density at radius 1 is 1.43 bits per heavy atom. The van der Waals surface area contributed by atoms with Gasteiger partial charge < -0.3 is 15.5 Å². The van der Waals surface area contributed by atoms with Gasteiger partial charge in [-0.2, -0.15) is 0 Å². The van der Waals surface area contributed by atoms with Crippen molar-refractivity contribution in [1.82, 2.24) is 15.6 Å². The summed E-state index contributed by atoms with van der Waals surface area (Å²) in [5.74, 6) is -0.238. The number of urea groups is 1. The van der Waals surface area contributed by atoms with E-state index in [1.165, 1.54) is 17.4 Å². The number of anilines is 1. The molecule has 2 amide bonds. The highest BCUT2D eigenvalue weighted by Crippen LogP contribution is 2.17. The van der Waals surface area contributed by atoms with Crippen molar-refractivity contribution < 1.29 is 9.18 Å². The van der Waals surface area contributed by atoms with Gasteiger partial charge in [-0.05, 0) is 25.5 Å². The van der Waals surface area contributed by atoms with Crippen molar-refractivity contribution in [3.8, 4) is 0 Å². The van der Waals surface area contributed by atoms with E-state index in [1.54, 1.807) is 24.4 Å². The lowest BCUT2D eigenvalue weighted by molar-refractivity contribution is 0.238. The van der Waals surface area contributed by atoms with Crippen LogP contribution < -0.4 is 15.5 Å². The van der Waals surface area contributed by atoms with Crippen LogP contribution in [0.4, 0.5) is 14.9 Å². The zero-order valence-corrected chi connectivity index (χ0v) is 14.1. The second-order valence-corrected chi connectivity index (χ2v) is 6.14. The van der Waals surface area contributed by atoms with Gasteiger partial charge in [0, 0.05) is 31.7 Å². The summed E-state index contributed by atoms with van der Waals surface area (Å²) < 4.78 is 13.6. The second-order valence-electron chi connectivity index (χ2n) is 5.22. The van der Waals surface area contributed by atoms with Crippen LogP contribution in [0.25, 0.3) is 0 Å². The number of halogens is 1. The van der Waals surface area contributed by atoms with Crippen molar-refractivity contribution in [2.75, 3.05) is 25.0 Å². The number of hydrogen-bond acceptors (Lipinski definition) is 4. The van der Waals surface area contributed by atoms with Crippen LogP contribution in [0, 0.1) is 5.82 Å². The van der Waals surface area contributed by atoms with Gasteiger partial charge in [0.05, 0.1) is 11.7 Å². The van der Waals surface area contributed by atoms with Crippen LogP contribution in [-0.2, 0) is 0 Å². The van der Waals surface area contributed by atoms with Crippen LogP contribution in [-0.4, -0.2) is 31.2 Å². The minimum atomic E-state index is -0.238. The van der Waals surface area contributed by atoms with Crippen molar-refractivity contribution in [3.05, 3.63) is 46.7 Å². The summed E-state index contributed by atoms with van der Waals surface area (Å²) >= 11 is 1.51. The van der Waals surface area contributed by atoms with E-state index in [0.29, 0.717) is 18.8 Å². The maximum absolute atomic E-state index is 13.6. The molecule has 1 heterocycles. The molecule has 0 aliphatic heterocycles. The van der Waals surface area contributed by atoms with Crippen molar-refractivity contribution in [3.63, 3.8) is 0 Å². The van der Waals surface area contributed by atoms with Gasteiger partial charge in [0.1, 0.15) is 10.8 Å². The summed E-state index contributed by atoms with van der Waals surface area (Å²) in [4.78, 5) is 17.8. The minimum Gasteiger partial charge on any atom is -0.372 e. The normalized spacial score (nSPS) is 11.8. The molecule has 0 aliphatic rings. The van der Waals surface area contributed by atoms with Crippen LogP contribution in [0.5, 0.6) is 0 Å². The van der Waals surface area contributed by atoms with Gasteiger partial charge in [-0.1, -0.05) is 12.1 Å². The molecule has 0 aliphatic carbocycles. The number of hydrogen-bond donors (Lipinski definition) is 2. The number of aromatic nitrogens is 1. The van der Waals surface area contributed by atoms with Crippen molar-refractivity contribution in [1.29, 1.82) is 0 Å². The molecule has 0 fully saturated rings. The highest BCUT2D eigenvalue weighted by Gasteiger charge is 2.11. The van der Waals surface area contributed by atoms with Gasteiger partial charge in [0.2, 0.25) is 0 Å². The molecule has 2 N–H and O–H groups in total. The van der Waals surface area contributed by atoms with Gasteiger partial charge in [-0.3, -0.25) is 0 Å². The zero-order chi connectivity index (χ0) is 16.7. The SMILES string of the molecule is C[C@H](NC(=O)NCCCN(C)c1ccccc1F)c1nccs1. The number of nitrogens with one attached hydrogen (secondary N) is 2. The molecule has 0 saturated carbocycles. The third kappa shape index (κ3) is 5.21. The van der Waals surface area contributed by atoms with Gasteiger partial charge in [0.15, 0.2) is 0 Å². The van der Waals surface area contributed by atoms with Crippen molar-refractivity contribution >= 4 is 23.1 Å². The van der Waals surface area contributed by atoms with Crippen molar-refractivity contribution in [2.24, 2.45) is 0 Å². The topological polar surface area (TPSA) is 57.3 Å². The van der Waals surface area contributed by atoms with E-state index in [-0.39, 0.29) is 17.9 Å². The third-order valence-corrected chi connectivity index (χ3v) is 4.35. The molecule has 5 nitrogen and oxygen atoms in total. The molecule has 0 unspecified atom stereocenters. The Bertz CT molecular complexity index is 620. The Kier molecular flexibility index (Phi) is 6.34. The molecule has 2 aromatic rings. The molecular weight excluding hydrogens is 315 g/mol. The van der Waals surface area contributed by atoms with E-state index >= 15 is 0 Å². The van der Waals surface area contributed by atoms with Crippen LogP contribution in [0.1, 0.15) is 24.4 Å². The highest BCUT2D eigenvalue weighted by atomic mass is 32.1. The molecule has 124 valence electrons. The number of thiazole rings is 1. The third-order valence-electron chi connectivity index (χ3n) is 3.39. The average Bonchev–Trinajstić information content (AvgIpc) is 3.06. The predicted molar refractivity (Wildman–Crippen MR) is 91.4 cm³/mol. The Balaban J connectivity index is 1.67. The van der Waals surface area contributed by atoms with Crippen molar-refractivity contribution in [2.45, 2.75) is 19.4 Å². The molecule has 23 heavy (non-hydrogen) atoms. The number of nitrogens with zero attached hydrogens (tertiary/aromatic N) is 2. The number of carbonyl (C=O) groups is 1.